The average molecular weight is 350 g/mol. The van der Waals surface area contributed by atoms with Crippen molar-refractivity contribution in [3.05, 3.63) is 89.0 Å². The van der Waals surface area contributed by atoms with Gasteiger partial charge in [-0.15, -0.1) is 0 Å². The predicted molar refractivity (Wildman–Crippen MR) is 98.1 cm³/mol. The lowest BCUT2D eigenvalue weighted by molar-refractivity contribution is 0.0949. The summed E-state index contributed by atoms with van der Waals surface area (Å²) in [6, 6.07) is 15.9. The van der Waals surface area contributed by atoms with Gasteiger partial charge in [0.05, 0.1) is 11.3 Å². The molecule has 0 radical (unpaired) electrons. The first-order valence-electron chi connectivity index (χ1n) is 8.26. The molecule has 0 bridgehead atoms. The van der Waals surface area contributed by atoms with Crippen molar-refractivity contribution in [1.82, 2.24) is 15.3 Å². The molecule has 1 amide bonds. The van der Waals surface area contributed by atoms with Gasteiger partial charge in [-0.05, 0) is 30.2 Å². The van der Waals surface area contributed by atoms with Crippen LogP contribution in [-0.4, -0.2) is 15.9 Å². The van der Waals surface area contributed by atoms with Crippen molar-refractivity contribution >= 4 is 11.9 Å². The molecule has 0 aliphatic heterocycles. The minimum absolute atomic E-state index is 0.263. The first-order valence-corrected chi connectivity index (χ1v) is 8.26. The van der Waals surface area contributed by atoms with Crippen molar-refractivity contribution in [2.24, 2.45) is 0 Å². The number of hydrogen-bond acceptors (Lipinski definition) is 4. The van der Waals surface area contributed by atoms with Gasteiger partial charge in [-0.25, -0.2) is 14.4 Å². The summed E-state index contributed by atoms with van der Waals surface area (Å²) >= 11 is 0. The summed E-state index contributed by atoms with van der Waals surface area (Å²) in [5.41, 5.74) is 2.94. The van der Waals surface area contributed by atoms with E-state index in [9.17, 15) is 9.18 Å². The number of benzene rings is 2. The van der Waals surface area contributed by atoms with E-state index in [1.54, 1.807) is 19.1 Å². The number of anilines is 1. The molecule has 132 valence electrons. The van der Waals surface area contributed by atoms with Crippen LogP contribution in [0.4, 0.5) is 10.3 Å². The molecule has 0 aliphatic carbocycles. The SMILES string of the molecule is Cc1nc(NCc2ccccc2)ncc1C(=O)NCc1ccc(F)cc1. The number of carbonyl (C=O) groups excluding carboxylic acids is 1. The van der Waals surface area contributed by atoms with E-state index in [2.05, 4.69) is 20.6 Å². The number of hydrogen-bond donors (Lipinski definition) is 2. The van der Waals surface area contributed by atoms with E-state index in [1.165, 1.54) is 18.3 Å². The van der Waals surface area contributed by atoms with Gasteiger partial charge in [-0.3, -0.25) is 4.79 Å². The first kappa shape index (κ1) is 17.5. The highest BCUT2D eigenvalue weighted by Gasteiger charge is 2.11. The van der Waals surface area contributed by atoms with Gasteiger partial charge in [-0.2, -0.15) is 0 Å². The molecule has 0 aliphatic rings. The zero-order valence-electron chi connectivity index (χ0n) is 14.4. The molecule has 0 spiro atoms. The zero-order valence-corrected chi connectivity index (χ0v) is 14.4. The maximum atomic E-state index is 12.9. The standard InChI is InChI=1S/C20H19FN4O/c1-14-18(19(26)22-11-16-7-9-17(21)10-8-16)13-24-20(25-14)23-12-15-5-3-2-4-6-15/h2-10,13H,11-12H2,1H3,(H,22,26)(H,23,24,25). The van der Waals surface area contributed by atoms with Crippen LogP contribution in [0.1, 0.15) is 27.2 Å². The number of nitrogens with zero attached hydrogens (tertiary/aromatic N) is 2. The normalized spacial score (nSPS) is 10.4. The Kier molecular flexibility index (Phi) is 5.53. The summed E-state index contributed by atoms with van der Waals surface area (Å²) in [6.07, 6.45) is 1.51. The van der Waals surface area contributed by atoms with Gasteiger partial charge in [0.2, 0.25) is 5.95 Å². The Morgan fingerprint density at radius 3 is 2.38 bits per heavy atom. The fourth-order valence-electron chi connectivity index (χ4n) is 2.43. The van der Waals surface area contributed by atoms with Crippen LogP contribution in [0.5, 0.6) is 0 Å². The number of aryl methyl sites for hydroxylation is 1. The van der Waals surface area contributed by atoms with Crippen LogP contribution < -0.4 is 10.6 Å². The van der Waals surface area contributed by atoms with Gasteiger partial charge < -0.3 is 10.6 Å². The van der Waals surface area contributed by atoms with Crippen molar-refractivity contribution in [1.29, 1.82) is 0 Å². The lowest BCUT2D eigenvalue weighted by Gasteiger charge is -2.09. The summed E-state index contributed by atoms with van der Waals surface area (Å²) in [6.45, 7) is 2.69. The second-order valence-electron chi connectivity index (χ2n) is 5.84. The van der Waals surface area contributed by atoms with Gasteiger partial charge in [-0.1, -0.05) is 42.5 Å². The Balaban J connectivity index is 1.59. The average Bonchev–Trinajstić information content (AvgIpc) is 2.66. The van der Waals surface area contributed by atoms with E-state index in [-0.39, 0.29) is 11.7 Å². The third kappa shape index (κ3) is 4.63. The van der Waals surface area contributed by atoms with Crippen LogP contribution in [0, 0.1) is 12.7 Å². The van der Waals surface area contributed by atoms with Crippen molar-refractivity contribution in [3.63, 3.8) is 0 Å². The van der Waals surface area contributed by atoms with E-state index in [1.807, 2.05) is 30.3 Å². The van der Waals surface area contributed by atoms with Crippen LogP contribution in [0.15, 0.2) is 60.8 Å². The van der Waals surface area contributed by atoms with E-state index in [0.29, 0.717) is 30.3 Å². The first-order chi connectivity index (χ1) is 12.6. The van der Waals surface area contributed by atoms with Gasteiger partial charge in [0.1, 0.15) is 5.82 Å². The number of amides is 1. The highest BCUT2D eigenvalue weighted by molar-refractivity contribution is 5.94. The summed E-state index contributed by atoms with van der Waals surface area (Å²) in [4.78, 5) is 20.9. The van der Waals surface area contributed by atoms with Gasteiger partial charge in [0, 0.05) is 19.3 Å². The molecular formula is C20H19FN4O. The Morgan fingerprint density at radius 1 is 1.00 bits per heavy atom. The predicted octanol–water partition coefficient (Wildman–Crippen LogP) is 3.47. The molecule has 1 aromatic heterocycles. The van der Waals surface area contributed by atoms with E-state index in [0.717, 1.165) is 11.1 Å². The Bertz CT molecular complexity index is 882. The number of nitrogens with one attached hydrogen (secondary N) is 2. The highest BCUT2D eigenvalue weighted by Crippen LogP contribution is 2.09. The molecule has 0 saturated carbocycles. The Morgan fingerprint density at radius 2 is 1.69 bits per heavy atom. The van der Waals surface area contributed by atoms with Crippen molar-refractivity contribution in [2.45, 2.75) is 20.0 Å². The molecule has 2 N–H and O–H groups in total. The van der Waals surface area contributed by atoms with Crippen molar-refractivity contribution in [3.8, 4) is 0 Å². The molecule has 0 atom stereocenters. The monoisotopic (exact) mass is 350 g/mol. The number of carbonyl (C=O) groups is 1. The van der Waals surface area contributed by atoms with Crippen molar-refractivity contribution in [2.75, 3.05) is 5.32 Å². The minimum atomic E-state index is -0.303. The summed E-state index contributed by atoms with van der Waals surface area (Å²) < 4.78 is 12.9. The fourth-order valence-corrected chi connectivity index (χ4v) is 2.43. The van der Waals surface area contributed by atoms with Crippen LogP contribution in [-0.2, 0) is 13.1 Å². The molecule has 1 heterocycles. The van der Waals surface area contributed by atoms with Crippen LogP contribution in [0.3, 0.4) is 0 Å². The van der Waals surface area contributed by atoms with E-state index >= 15 is 0 Å². The molecule has 2 aromatic carbocycles. The second kappa shape index (κ2) is 8.20. The smallest absolute Gasteiger partial charge is 0.254 e. The highest BCUT2D eigenvalue weighted by atomic mass is 19.1. The molecule has 3 aromatic rings. The largest absolute Gasteiger partial charge is 0.350 e. The Labute approximate surface area is 151 Å². The van der Waals surface area contributed by atoms with Crippen LogP contribution in [0.2, 0.25) is 0 Å². The maximum absolute atomic E-state index is 12.9. The molecule has 6 heteroatoms. The number of halogens is 1. The van der Waals surface area contributed by atoms with Crippen LogP contribution in [0.25, 0.3) is 0 Å². The van der Waals surface area contributed by atoms with Gasteiger partial charge >= 0.3 is 0 Å². The lowest BCUT2D eigenvalue weighted by Crippen LogP contribution is -2.24. The fraction of sp³-hybridized carbons (Fsp3) is 0.150. The van der Waals surface area contributed by atoms with Crippen LogP contribution >= 0.6 is 0 Å². The second-order valence-corrected chi connectivity index (χ2v) is 5.84. The quantitative estimate of drug-likeness (QED) is 0.714. The molecule has 5 nitrogen and oxygen atoms in total. The molecule has 0 saturated heterocycles. The summed E-state index contributed by atoms with van der Waals surface area (Å²) in [5.74, 6) is -0.0919. The molecule has 0 unspecified atom stereocenters. The summed E-state index contributed by atoms with van der Waals surface area (Å²) in [7, 11) is 0. The third-order valence-electron chi connectivity index (χ3n) is 3.88. The lowest BCUT2D eigenvalue weighted by atomic mass is 10.2. The van der Waals surface area contributed by atoms with Crippen molar-refractivity contribution < 1.29 is 9.18 Å². The van der Waals surface area contributed by atoms with E-state index < -0.39 is 0 Å². The van der Waals surface area contributed by atoms with Gasteiger partial charge in [0.15, 0.2) is 0 Å². The third-order valence-corrected chi connectivity index (χ3v) is 3.88. The Hall–Kier alpha value is -3.28. The molecule has 3 rings (SSSR count). The molecular weight excluding hydrogens is 331 g/mol. The number of rotatable bonds is 6. The minimum Gasteiger partial charge on any atom is -0.350 e. The molecule has 0 fully saturated rings. The number of aromatic nitrogens is 2. The zero-order chi connectivity index (χ0) is 18.4. The van der Waals surface area contributed by atoms with E-state index in [4.69, 9.17) is 0 Å². The van der Waals surface area contributed by atoms with Gasteiger partial charge in [0.25, 0.3) is 5.91 Å². The topological polar surface area (TPSA) is 66.9 Å². The summed E-state index contributed by atoms with van der Waals surface area (Å²) in [5, 5.41) is 5.93. The molecule has 26 heavy (non-hydrogen) atoms. The maximum Gasteiger partial charge on any atom is 0.254 e.